The van der Waals surface area contributed by atoms with Gasteiger partial charge in [0.1, 0.15) is 5.57 Å². The van der Waals surface area contributed by atoms with Gasteiger partial charge in [-0.05, 0) is 78.8 Å². The Morgan fingerprint density at radius 2 is 1.49 bits per heavy atom. The number of aryl methyl sites for hydroxylation is 2. The number of carbonyl (C=O) groups excluding carboxylic acids is 3. The molecule has 0 saturated carbocycles. The first kappa shape index (κ1) is 24.2. The summed E-state index contributed by atoms with van der Waals surface area (Å²) in [6.07, 6.45) is 2.42. The Bertz CT molecular complexity index is 1340. The average molecular weight is 470 g/mol. The van der Waals surface area contributed by atoms with Gasteiger partial charge in [-0.25, -0.2) is 9.69 Å². The third-order valence-electron chi connectivity index (χ3n) is 6.47. The van der Waals surface area contributed by atoms with Gasteiger partial charge in [0.25, 0.3) is 11.8 Å². The second-order valence-electron chi connectivity index (χ2n) is 9.94. The fourth-order valence-electron chi connectivity index (χ4n) is 4.37. The van der Waals surface area contributed by atoms with Crippen molar-refractivity contribution in [3.63, 3.8) is 0 Å². The van der Waals surface area contributed by atoms with Crippen LogP contribution < -0.4 is 10.2 Å². The molecule has 1 fully saturated rings. The van der Waals surface area contributed by atoms with Crippen LogP contribution in [-0.4, -0.2) is 22.4 Å². The lowest BCUT2D eigenvalue weighted by Crippen LogP contribution is -2.54. The fourth-order valence-corrected chi connectivity index (χ4v) is 4.37. The second kappa shape index (κ2) is 9.02. The summed E-state index contributed by atoms with van der Waals surface area (Å²) in [7, 11) is 0. The van der Waals surface area contributed by atoms with E-state index in [9.17, 15) is 14.4 Å². The Morgan fingerprint density at radius 3 is 2.06 bits per heavy atom. The van der Waals surface area contributed by atoms with E-state index >= 15 is 0 Å². The normalized spacial score (nSPS) is 15.7. The molecule has 1 aliphatic rings. The molecule has 1 aliphatic heterocycles. The largest absolute Gasteiger partial charge is 0.335 e. The smallest absolute Gasteiger partial charge is 0.318 e. The third-order valence-corrected chi connectivity index (χ3v) is 6.47. The molecule has 4 rings (SSSR count). The molecule has 4 amide bonds. The van der Waals surface area contributed by atoms with Crippen molar-refractivity contribution in [1.82, 2.24) is 9.88 Å². The summed E-state index contributed by atoms with van der Waals surface area (Å²) in [5, 5.41) is 2.30. The lowest BCUT2D eigenvalue weighted by Gasteiger charge is -2.26. The number of carbonyl (C=O) groups is 3. The minimum absolute atomic E-state index is 0.0593. The Labute approximate surface area is 206 Å². The van der Waals surface area contributed by atoms with Crippen LogP contribution in [0.15, 0.2) is 60.2 Å². The van der Waals surface area contributed by atoms with Crippen molar-refractivity contribution in [3.05, 3.63) is 88.2 Å². The molecule has 2 heterocycles. The van der Waals surface area contributed by atoms with Crippen molar-refractivity contribution < 1.29 is 14.4 Å². The van der Waals surface area contributed by atoms with Gasteiger partial charge in [-0.2, -0.15) is 0 Å². The van der Waals surface area contributed by atoms with Crippen LogP contribution in [0.4, 0.5) is 10.5 Å². The monoisotopic (exact) mass is 469 g/mol. The number of hydrogen-bond acceptors (Lipinski definition) is 3. The second-order valence-corrected chi connectivity index (χ2v) is 9.94. The Balaban J connectivity index is 1.71. The first-order valence-corrected chi connectivity index (χ1v) is 11.8. The zero-order chi connectivity index (χ0) is 25.5. The van der Waals surface area contributed by atoms with E-state index in [0.717, 1.165) is 39.5 Å². The third kappa shape index (κ3) is 4.56. The highest BCUT2D eigenvalue weighted by Crippen LogP contribution is 2.28. The van der Waals surface area contributed by atoms with Gasteiger partial charge in [0, 0.05) is 17.1 Å². The molecule has 180 valence electrons. The van der Waals surface area contributed by atoms with Crippen molar-refractivity contribution in [2.24, 2.45) is 0 Å². The summed E-state index contributed by atoms with van der Waals surface area (Å²) in [6.45, 7) is 12.5. The number of imide groups is 2. The molecule has 6 nitrogen and oxygen atoms in total. The number of anilines is 1. The van der Waals surface area contributed by atoms with Gasteiger partial charge in [0.05, 0.1) is 5.69 Å². The molecule has 1 N–H and O–H groups in total. The molecule has 0 bridgehead atoms. The van der Waals surface area contributed by atoms with E-state index in [2.05, 4.69) is 54.9 Å². The quantitative estimate of drug-likeness (QED) is 0.398. The Hall–Kier alpha value is -3.93. The zero-order valence-corrected chi connectivity index (χ0v) is 21.1. The van der Waals surface area contributed by atoms with Crippen molar-refractivity contribution in [2.45, 2.75) is 53.4 Å². The first-order valence-electron chi connectivity index (χ1n) is 11.8. The minimum atomic E-state index is -0.745. The first-order chi connectivity index (χ1) is 16.5. The molecule has 0 aliphatic carbocycles. The number of barbiturate groups is 1. The van der Waals surface area contributed by atoms with Crippen molar-refractivity contribution in [2.75, 3.05) is 4.90 Å². The molecule has 0 unspecified atom stereocenters. The van der Waals surface area contributed by atoms with E-state index in [1.54, 1.807) is 18.2 Å². The van der Waals surface area contributed by atoms with Crippen LogP contribution in [0.25, 0.3) is 11.8 Å². The molecule has 6 heteroatoms. The molecule has 0 atom stereocenters. The van der Waals surface area contributed by atoms with E-state index in [4.69, 9.17) is 0 Å². The van der Waals surface area contributed by atoms with E-state index in [-0.39, 0.29) is 11.0 Å². The van der Waals surface area contributed by atoms with E-state index in [0.29, 0.717) is 5.69 Å². The number of benzene rings is 2. The van der Waals surface area contributed by atoms with Gasteiger partial charge < -0.3 is 4.57 Å². The van der Waals surface area contributed by atoms with Gasteiger partial charge in [0.15, 0.2) is 0 Å². The number of rotatable bonds is 4. The number of aromatic nitrogens is 1. The predicted molar refractivity (Wildman–Crippen MR) is 139 cm³/mol. The molecule has 1 saturated heterocycles. The summed E-state index contributed by atoms with van der Waals surface area (Å²) in [5.74, 6) is -1.33. The lowest BCUT2D eigenvalue weighted by atomic mass is 9.87. The maximum atomic E-state index is 13.3. The number of urea groups is 1. The van der Waals surface area contributed by atoms with Crippen LogP contribution in [0, 0.1) is 13.8 Å². The van der Waals surface area contributed by atoms with E-state index in [1.165, 1.54) is 5.56 Å². The van der Waals surface area contributed by atoms with E-state index < -0.39 is 17.8 Å². The standard InChI is InChI=1S/C29H31N3O3/c1-7-20-8-12-24(13-9-20)32-27(34)25(26(33)30-28(32)35)17-21-16-18(2)31(19(21)3)23-14-10-22(11-15-23)29(4,5)6/h8-17H,7H2,1-6H3,(H,30,33,35)/b25-17-. The molecule has 3 aromatic rings. The Kier molecular flexibility index (Phi) is 6.24. The summed E-state index contributed by atoms with van der Waals surface area (Å²) in [4.78, 5) is 39.5. The lowest BCUT2D eigenvalue weighted by molar-refractivity contribution is -0.122. The van der Waals surface area contributed by atoms with Crippen LogP contribution in [0.2, 0.25) is 0 Å². The molecule has 1 aromatic heterocycles. The van der Waals surface area contributed by atoms with Gasteiger partial charge >= 0.3 is 6.03 Å². The number of nitrogens with zero attached hydrogens (tertiary/aromatic N) is 2. The van der Waals surface area contributed by atoms with Gasteiger partial charge in [0.2, 0.25) is 0 Å². The predicted octanol–water partition coefficient (Wildman–Crippen LogP) is 5.62. The highest BCUT2D eigenvalue weighted by molar-refractivity contribution is 6.39. The Morgan fingerprint density at radius 1 is 0.886 bits per heavy atom. The van der Waals surface area contributed by atoms with Gasteiger partial charge in [-0.15, -0.1) is 0 Å². The maximum Gasteiger partial charge on any atom is 0.335 e. The van der Waals surface area contributed by atoms with Crippen LogP contribution in [0.5, 0.6) is 0 Å². The maximum absolute atomic E-state index is 13.3. The highest BCUT2D eigenvalue weighted by Gasteiger charge is 2.37. The summed E-state index contributed by atoms with van der Waals surface area (Å²) in [5.41, 5.74) is 6.37. The zero-order valence-electron chi connectivity index (χ0n) is 21.1. The number of hydrogen-bond donors (Lipinski definition) is 1. The molecule has 35 heavy (non-hydrogen) atoms. The average Bonchev–Trinajstić information content (AvgIpc) is 3.09. The molecule has 0 spiro atoms. The molecule has 0 radical (unpaired) electrons. The fraction of sp³-hybridized carbons (Fsp3) is 0.276. The van der Waals surface area contributed by atoms with Gasteiger partial charge in [-0.1, -0.05) is 52.0 Å². The van der Waals surface area contributed by atoms with Gasteiger partial charge in [-0.3, -0.25) is 14.9 Å². The van der Waals surface area contributed by atoms with Crippen LogP contribution in [0.3, 0.4) is 0 Å². The van der Waals surface area contributed by atoms with Crippen LogP contribution in [0.1, 0.15) is 55.8 Å². The van der Waals surface area contributed by atoms with Crippen molar-refractivity contribution in [3.8, 4) is 5.69 Å². The minimum Gasteiger partial charge on any atom is -0.318 e. The topological polar surface area (TPSA) is 71.4 Å². The van der Waals surface area contributed by atoms with Crippen molar-refractivity contribution in [1.29, 1.82) is 0 Å². The van der Waals surface area contributed by atoms with E-state index in [1.807, 2.05) is 39.0 Å². The summed E-state index contributed by atoms with van der Waals surface area (Å²) in [6, 6.07) is 16.8. The molecular formula is C29H31N3O3. The summed E-state index contributed by atoms with van der Waals surface area (Å²) >= 11 is 0. The van der Waals surface area contributed by atoms with Crippen molar-refractivity contribution >= 4 is 29.6 Å². The number of amides is 4. The number of nitrogens with one attached hydrogen (secondary N) is 1. The molecular weight excluding hydrogens is 438 g/mol. The SMILES string of the molecule is CCc1ccc(N2C(=O)NC(=O)/C(=C/c3cc(C)n(-c4ccc(C(C)(C)C)cc4)c3C)C2=O)cc1. The van der Waals surface area contributed by atoms with Crippen LogP contribution >= 0.6 is 0 Å². The molecule has 2 aromatic carbocycles. The summed E-state index contributed by atoms with van der Waals surface area (Å²) < 4.78 is 2.09. The van der Waals surface area contributed by atoms with Crippen LogP contribution in [-0.2, 0) is 21.4 Å². The highest BCUT2D eigenvalue weighted by atomic mass is 16.2.